The van der Waals surface area contributed by atoms with Crippen LogP contribution in [0.2, 0.25) is 0 Å². The Labute approximate surface area is 187 Å². The van der Waals surface area contributed by atoms with Gasteiger partial charge in [0.05, 0.1) is 17.1 Å². The van der Waals surface area contributed by atoms with Crippen LogP contribution in [0.15, 0.2) is 77.7 Å². The molecule has 0 fully saturated rings. The Kier molecular flexibility index (Phi) is 6.07. The number of nitrogens with two attached hydrogens (primary N) is 1. The van der Waals surface area contributed by atoms with Crippen molar-refractivity contribution in [1.29, 1.82) is 5.41 Å². The molecular formula is C24H25N5O2S. The number of sulfonamides is 1. The first-order valence-electron chi connectivity index (χ1n) is 10.3. The fourth-order valence-electron chi connectivity index (χ4n) is 3.60. The summed E-state index contributed by atoms with van der Waals surface area (Å²) in [5, 5.41) is 14.1. The molecule has 8 heteroatoms. The van der Waals surface area contributed by atoms with E-state index in [1.807, 2.05) is 66.2 Å². The maximum atomic E-state index is 12.7. The van der Waals surface area contributed by atoms with E-state index in [2.05, 4.69) is 9.82 Å². The number of aryl methyl sites for hydroxylation is 1. The second-order valence-electron chi connectivity index (χ2n) is 7.71. The number of hydrogen-bond acceptors (Lipinski definition) is 4. The summed E-state index contributed by atoms with van der Waals surface area (Å²) in [5.74, 6) is 0.0309. The van der Waals surface area contributed by atoms with Gasteiger partial charge in [-0.1, -0.05) is 48.5 Å². The highest BCUT2D eigenvalue weighted by Crippen LogP contribution is 2.19. The molecule has 0 aliphatic heterocycles. The van der Waals surface area contributed by atoms with Crippen molar-refractivity contribution in [3.63, 3.8) is 0 Å². The molecule has 1 aromatic heterocycles. The third-order valence-corrected chi connectivity index (χ3v) is 6.77. The fourth-order valence-corrected chi connectivity index (χ4v) is 4.67. The molecule has 4 aromatic rings. The van der Waals surface area contributed by atoms with Gasteiger partial charge in [0.15, 0.2) is 0 Å². The molecule has 0 aliphatic rings. The van der Waals surface area contributed by atoms with E-state index in [4.69, 9.17) is 11.1 Å². The molecule has 0 aliphatic carbocycles. The van der Waals surface area contributed by atoms with Gasteiger partial charge in [-0.05, 0) is 47.5 Å². The summed E-state index contributed by atoms with van der Waals surface area (Å²) in [4.78, 5) is 0.253. The third-order valence-electron chi connectivity index (χ3n) is 5.31. The average molecular weight is 448 g/mol. The SMILES string of the molecule is Cc1cc(CCNS(=O)(=O)c2ccc3ccccc3c2)nn1Cc1cccc(C(=N)N)c1. The molecule has 0 saturated carbocycles. The summed E-state index contributed by atoms with van der Waals surface area (Å²) < 4.78 is 29.9. The number of benzene rings is 3. The summed E-state index contributed by atoms with van der Waals surface area (Å²) >= 11 is 0. The maximum Gasteiger partial charge on any atom is 0.240 e. The Morgan fingerprint density at radius 3 is 2.59 bits per heavy atom. The van der Waals surface area contributed by atoms with Crippen LogP contribution in [-0.2, 0) is 23.0 Å². The number of fused-ring (bicyclic) bond motifs is 1. The van der Waals surface area contributed by atoms with Crippen LogP contribution in [-0.4, -0.2) is 30.6 Å². The molecule has 0 unspecified atom stereocenters. The fraction of sp³-hybridized carbons (Fsp3) is 0.167. The van der Waals surface area contributed by atoms with E-state index in [1.165, 1.54) is 0 Å². The number of nitrogens with one attached hydrogen (secondary N) is 2. The van der Waals surface area contributed by atoms with Crippen LogP contribution >= 0.6 is 0 Å². The van der Waals surface area contributed by atoms with Crippen molar-refractivity contribution in [2.75, 3.05) is 6.54 Å². The summed E-state index contributed by atoms with van der Waals surface area (Å²) in [6.07, 6.45) is 0.480. The Morgan fingerprint density at radius 1 is 1.03 bits per heavy atom. The van der Waals surface area contributed by atoms with Gasteiger partial charge in [0.1, 0.15) is 5.84 Å². The molecular weight excluding hydrogens is 422 g/mol. The van der Waals surface area contributed by atoms with Gasteiger partial charge in [-0.25, -0.2) is 13.1 Å². The number of aromatic nitrogens is 2. The Morgan fingerprint density at radius 2 is 1.81 bits per heavy atom. The molecule has 4 rings (SSSR count). The first-order valence-corrected chi connectivity index (χ1v) is 11.8. The molecule has 1 heterocycles. The Balaban J connectivity index is 1.41. The number of nitrogen functional groups attached to an aromatic ring is 1. The molecule has 3 aromatic carbocycles. The summed E-state index contributed by atoms with van der Waals surface area (Å²) in [5.41, 5.74) is 9.03. The number of nitrogens with zero attached hydrogens (tertiary/aromatic N) is 2. The van der Waals surface area contributed by atoms with Crippen molar-refractivity contribution >= 4 is 26.6 Å². The van der Waals surface area contributed by atoms with Gasteiger partial charge < -0.3 is 5.73 Å². The average Bonchev–Trinajstić information content (AvgIpc) is 3.12. The van der Waals surface area contributed by atoms with E-state index < -0.39 is 10.0 Å². The number of hydrogen-bond donors (Lipinski definition) is 3. The van der Waals surface area contributed by atoms with Gasteiger partial charge in [0, 0.05) is 24.2 Å². The quantitative estimate of drug-likeness (QED) is 0.284. The highest BCUT2D eigenvalue weighted by molar-refractivity contribution is 7.89. The van der Waals surface area contributed by atoms with E-state index in [0.29, 0.717) is 18.5 Å². The normalized spacial score (nSPS) is 11.7. The first kappa shape index (κ1) is 21.7. The van der Waals surface area contributed by atoms with Crippen LogP contribution < -0.4 is 10.5 Å². The van der Waals surface area contributed by atoms with E-state index >= 15 is 0 Å². The molecule has 0 radical (unpaired) electrons. The standard InChI is InChI=1S/C24H25N5O2S/c1-17-13-22(28-29(17)16-18-5-4-8-21(14-18)24(25)26)11-12-27-32(30,31)23-10-9-19-6-2-3-7-20(19)15-23/h2-10,13-15,27H,11-12,16H2,1H3,(H3,25,26). The molecule has 0 amide bonds. The lowest BCUT2D eigenvalue weighted by Crippen LogP contribution is -2.26. The van der Waals surface area contributed by atoms with Crippen molar-refractivity contribution < 1.29 is 8.42 Å². The molecule has 0 saturated heterocycles. The van der Waals surface area contributed by atoms with E-state index in [1.54, 1.807) is 18.2 Å². The van der Waals surface area contributed by atoms with Gasteiger partial charge in [0.25, 0.3) is 0 Å². The lowest BCUT2D eigenvalue weighted by atomic mass is 10.1. The van der Waals surface area contributed by atoms with Crippen LogP contribution in [0.1, 0.15) is 22.5 Å². The summed E-state index contributed by atoms with van der Waals surface area (Å²) in [6.45, 7) is 2.77. The monoisotopic (exact) mass is 447 g/mol. The number of amidine groups is 1. The van der Waals surface area contributed by atoms with Crippen LogP contribution in [0.4, 0.5) is 0 Å². The van der Waals surface area contributed by atoms with E-state index in [-0.39, 0.29) is 17.3 Å². The maximum absolute atomic E-state index is 12.7. The van der Waals surface area contributed by atoms with Crippen LogP contribution in [0.3, 0.4) is 0 Å². The smallest absolute Gasteiger partial charge is 0.240 e. The van der Waals surface area contributed by atoms with Gasteiger partial charge >= 0.3 is 0 Å². The van der Waals surface area contributed by atoms with Crippen LogP contribution in [0.25, 0.3) is 10.8 Å². The zero-order chi connectivity index (χ0) is 22.7. The summed E-state index contributed by atoms with van der Waals surface area (Å²) in [6, 6.07) is 22.3. The highest BCUT2D eigenvalue weighted by atomic mass is 32.2. The minimum Gasteiger partial charge on any atom is -0.384 e. The van der Waals surface area contributed by atoms with Gasteiger partial charge in [0.2, 0.25) is 10.0 Å². The van der Waals surface area contributed by atoms with E-state index in [9.17, 15) is 8.42 Å². The minimum absolute atomic E-state index is 0.0309. The molecule has 4 N–H and O–H groups in total. The van der Waals surface area contributed by atoms with Crippen molar-refractivity contribution in [3.05, 3.63) is 95.3 Å². The van der Waals surface area contributed by atoms with Crippen molar-refractivity contribution in [1.82, 2.24) is 14.5 Å². The third kappa shape index (κ3) is 4.87. The second-order valence-corrected chi connectivity index (χ2v) is 9.47. The molecule has 32 heavy (non-hydrogen) atoms. The topological polar surface area (TPSA) is 114 Å². The molecule has 164 valence electrons. The second kappa shape index (κ2) is 8.94. The largest absolute Gasteiger partial charge is 0.384 e. The molecule has 0 atom stereocenters. The van der Waals surface area contributed by atoms with Crippen molar-refractivity contribution in [3.8, 4) is 0 Å². The Hall–Kier alpha value is -3.49. The number of rotatable bonds is 8. The summed E-state index contributed by atoms with van der Waals surface area (Å²) in [7, 11) is -3.60. The van der Waals surface area contributed by atoms with Crippen LogP contribution in [0.5, 0.6) is 0 Å². The molecule has 0 spiro atoms. The van der Waals surface area contributed by atoms with Crippen molar-refractivity contribution in [2.24, 2.45) is 5.73 Å². The van der Waals surface area contributed by atoms with Gasteiger partial charge in [-0.15, -0.1) is 0 Å². The molecule has 0 bridgehead atoms. The van der Waals surface area contributed by atoms with Crippen molar-refractivity contribution in [2.45, 2.75) is 24.8 Å². The zero-order valence-corrected chi connectivity index (χ0v) is 18.6. The predicted octanol–water partition coefficient (Wildman–Crippen LogP) is 3.20. The zero-order valence-electron chi connectivity index (χ0n) is 17.7. The van der Waals surface area contributed by atoms with Gasteiger partial charge in [-0.3, -0.25) is 10.1 Å². The van der Waals surface area contributed by atoms with Gasteiger partial charge in [-0.2, -0.15) is 5.10 Å². The van der Waals surface area contributed by atoms with E-state index in [0.717, 1.165) is 27.7 Å². The predicted molar refractivity (Wildman–Crippen MR) is 126 cm³/mol. The Bertz CT molecular complexity index is 1390. The highest BCUT2D eigenvalue weighted by Gasteiger charge is 2.14. The van der Waals surface area contributed by atoms with Crippen LogP contribution in [0, 0.1) is 12.3 Å². The lowest BCUT2D eigenvalue weighted by Gasteiger charge is -2.08. The minimum atomic E-state index is -3.60. The lowest BCUT2D eigenvalue weighted by molar-refractivity contribution is 0.580. The first-order chi connectivity index (χ1) is 15.3. The molecule has 7 nitrogen and oxygen atoms in total.